The van der Waals surface area contributed by atoms with Gasteiger partial charge < -0.3 is 25.0 Å². The van der Waals surface area contributed by atoms with Crippen LogP contribution < -0.4 is 25.8 Å². The molecule has 1 saturated heterocycles. The number of hydrogen-bond donors (Lipinski definition) is 3. The smallest absolute Gasteiger partial charge is 0.412 e. The zero-order chi connectivity index (χ0) is 29.6. The van der Waals surface area contributed by atoms with Crippen molar-refractivity contribution < 1.29 is 23.9 Å². The lowest BCUT2D eigenvalue weighted by atomic mass is 10.1. The molecule has 0 spiro atoms. The number of nitrogens with zero attached hydrogens (tertiary/aromatic N) is 4. The zero-order valence-corrected chi connectivity index (χ0v) is 24.4. The molecule has 4 rings (SSSR count). The number of hydrogen-bond acceptors (Lipinski definition) is 9. The van der Waals surface area contributed by atoms with Gasteiger partial charge in [-0.1, -0.05) is 30.3 Å². The van der Waals surface area contributed by atoms with Crippen LogP contribution in [0.5, 0.6) is 0 Å². The molecule has 1 aliphatic rings. The zero-order valence-electron chi connectivity index (χ0n) is 23.6. The minimum atomic E-state index is -0.714. The highest BCUT2D eigenvalue weighted by molar-refractivity contribution is 7.23. The van der Waals surface area contributed by atoms with Gasteiger partial charge in [-0.25, -0.2) is 14.6 Å². The molecular formula is C27H34BN7O5S. The van der Waals surface area contributed by atoms with Crippen LogP contribution in [0.3, 0.4) is 0 Å². The molecule has 0 aliphatic carbocycles. The minimum Gasteiger partial charge on any atom is -0.445 e. The molecule has 0 saturated carbocycles. The van der Waals surface area contributed by atoms with Gasteiger partial charge in [0.1, 0.15) is 22.9 Å². The van der Waals surface area contributed by atoms with Gasteiger partial charge >= 0.3 is 12.2 Å². The summed E-state index contributed by atoms with van der Waals surface area (Å²) in [7, 11) is 7.64. The first kappa shape index (κ1) is 29.9. The molecule has 12 nitrogen and oxygen atoms in total. The van der Waals surface area contributed by atoms with E-state index in [1.807, 2.05) is 30.3 Å². The summed E-state index contributed by atoms with van der Waals surface area (Å²) in [5.41, 5.74) is 0.675. The van der Waals surface area contributed by atoms with Crippen LogP contribution in [0, 0.1) is 0 Å². The lowest BCUT2D eigenvalue weighted by Gasteiger charge is -2.24. The maximum absolute atomic E-state index is 13.2. The first-order valence-corrected chi connectivity index (χ1v) is 14.1. The van der Waals surface area contributed by atoms with Gasteiger partial charge in [-0.05, 0) is 45.6 Å². The second-order valence-corrected chi connectivity index (χ2v) is 11.7. The van der Waals surface area contributed by atoms with Crippen LogP contribution >= 0.6 is 11.3 Å². The summed E-state index contributed by atoms with van der Waals surface area (Å²) in [6, 6.07) is 9.48. The topological polar surface area (TPSA) is 140 Å². The quantitative estimate of drug-likeness (QED) is 0.361. The molecule has 3 amide bonds. The van der Waals surface area contributed by atoms with Crippen LogP contribution in [-0.2, 0) is 23.1 Å². The lowest BCUT2D eigenvalue weighted by Crippen LogP contribution is -2.36. The van der Waals surface area contributed by atoms with E-state index >= 15 is 0 Å². The molecule has 14 heteroatoms. The van der Waals surface area contributed by atoms with E-state index in [0.29, 0.717) is 25.2 Å². The van der Waals surface area contributed by atoms with Crippen LogP contribution in [0.25, 0.3) is 0 Å². The van der Waals surface area contributed by atoms with Gasteiger partial charge in [-0.15, -0.1) is 11.3 Å². The van der Waals surface area contributed by atoms with E-state index in [2.05, 4.69) is 30.9 Å². The third-order valence-corrected chi connectivity index (χ3v) is 6.99. The Balaban J connectivity index is 1.37. The normalized spacial score (nSPS) is 15.5. The fourth-order valence-electron chi connectivity index (χ4n) is 4.43. The Kier molecular flexibility index (Phi) is 9.53. The number of nitrogens with one attached hydrogen (secondary N) is 3. The molecule has 216 valence electrons. The molecule has 2 radical (unpaired) electrons. The molecule has 1 aliphatic heterocycles. The number of carbonyl (C=O) groups is 3. The maximum Gasteiger partial charge on any atom is 0.412 e. The number of rotatable bonds is 7. The summed E-state index contributed by atoms with van der Waals surface area (Å²) in [6.45, 7) is 6.76. The van der Waals surface area contributed by atoms with Crippen LogP contribution in [0.4, 0.5) is 26.1 Å². The van der Waals surface area contributed by atoms with Gasteiger partial charge in [0.15, 0.2) is 19.4 Å². The SMILES string of the molecule is [B]c1nc(C(=O)Nc2cnn(C)c2N2CCC[C@@H](NC(=O)OCc3ccccc3)CC2)c(NC(=O)OC(C)(C)C)s1. The van der Waals surface area contributed by atoms with Crippen molar-refractivity contribution in [2.24, 2.45) is 7.05 Å². The van der Waals surface area contributed by atoms with Crippen LogP contribution in [0.1, 0.15) is 56.1 Å². The maximum atomic E-state index is 13.2. The van der Waals surface area contributed by atoms with E-state index in [1.165, 1.54) is 0 Å². The molecule has 3 N–H and O–H groups in total. The van der Waals surface area contributed by atoms with Crippen molar-refractivity contribution in [3.05, 3.63) is 47.8 Å². The van der Waals surface area contributed by atoms with E-state index in [1.54, 1.807) is 38.7 Å². The molecule has 1 atom stereocenters. The first-order valence-electron chi connectivity index (χ1n) is 13.3. The largest absolute Gasteiger partial charge is 0.445 e. The third-order valence-electron chi connectivity index (χ3n) is 6.19. The van der Waals surface area contributed by atoms with Gasteiger partial charge in [-0.3, -0.25) is 14.8 Å². The van der Waals surface area contributed by atoms with E-state index in [4.69, 9.17) is 17.3 Å². The molecule has 0 bridgehead atoms. The summed E-state index contributed by atoms with van der Waals surface area (Å²) < 4.78 is 12.4. The summed E-state index contributed by atoms with van der Waals surface area (Å²) >= 11 is 0.973. The average Bonchev–Trinajstić information content (AvgIpc) is 3.35. The van der Waals surface area contributed by atoms with Gasteiger partial charge in [-0.2, -0.15) is 5.10 Å². The first-order chi connectivity index (χ1) is 19.5. The highest BCUT2D eigenvalue weighted by Gasteiger charge is 2.26. The second-order valence-electron chi connectivity index (χ2n) is 10.6. The molecule has 1 fully saturated rings. The Morgan fingerprint density at radius 3 is 2.59 bits per heavy atom. The van der Waals surface area contributed by atoms with Crippen molar-refractivity contribution in [1.29, 1.82) is 0 Å². The molecule has 3 heterocycles. The number of anilines is 3. The van der Waals surface area contributed by atoms with E-state index in [0.717, 1.165) is 35.6 Å². The Bertz CT molecular complexity index is 1370. The molecule has 3 aromatic rings. The predicted molar refractivity (Wildman–Crippen MR) is 158 cm³/mol. The molecule has 2 aromatic heterocycles. The number of thiazole rings is 1. The summed E-state index contributed by atoms with van der Waals surface area (Å²) in [5.74, 6) is 0.171. The number of amides is 3. The van der Waals surface area contributed by atoms with E-state index in [-0.39, 0.29) is 28.3 Å². The fourth-order valence-corrected chi connectivity index (χ4v) is 5.15. The number of benzene rings is 1. The van der Waals surface area contributed by atoms with Crippen molar-refractivity contribution in [1.82, 2.24) is 20.1 Å². The Labute approximate surface area is 244 Å². The van der Waals surface area contributed by atoms with Crippen LogP contribution in [0.2, 0.25) is 0 Å². The van der Waals surface area contributed by atoms with Crippen molar-refractivity contribution in [3.63, 3.8) is 0 Å². The van der Waals surface area contributed by atoms with Gasteiger partial charge in [0.2, 0.25) is 0 Å². The van der Waals surface area contributed by atoms with Crippen molar-refractivity contribution in [2.45, 2.75) is 58.3 Å². The molecule has 41 heavy (non-hydrogen) atoms. The Hall–Kier alpha value is -4.07. The average molecular weight is 579 g/mol. The molecule has 0 unspecified atom stereocenters. The number of alkyl carbamates (subject to hydrolysis) is 1. The van der Waals surface area contributed by atoms with E-state index < -0.39 is 23.7 Å². The number of ether oxygens (including phenoxy) is 2. The highest BCUT2D eigenvalue weighted by atomic mass is 32.1. The summed E-state index contributed by atoms with van der Waals surface area (Å²) in [6.07, 6.45) is 2.69. The second kappa shape index (κ2) is 13.1. The predicted octanol–water partition coefficient (Wildman–Crippen LogP) is 3.56. The fraction of sp³-hybridized carbons (Fsp3) is 0.444. The number of carbonyl (C=O) groups excluding carboxylic acids is 3. The van der Waals surface area contributed by atoms with Crippen molar-refractivity contribution >= 4 is 58.7 Å². The number of aryl methyl sites for hydroxylation is 1. The van der Waals surface area contributed by atoms with Crippen LogP contribution in [-0.4, -0.2) is 65.4 Å². The minimum absolute atomic E-state index is 0.0256. The standard InChI is InChI=1S/C27H34BN7O5S/c1-27(2,3)40-26(38)33-22-20(32-24(28)41-22)21(36)31-19-15-29-34(4)23(19)35-13-8-11-18(12-14-35)30-25(37)39-16-17-9-6-5-7-10-17/h5-7,9-10,15,18H,8,11-14,16H2,1-4H3,(H,30,37)(H,31,36)(H,33,38)/t18-/m1/s1. The molecule has 1 aromatic carbocycles. The van der Waals surface area contributed by atoms with Gasteiger partial charge in [0, 0.05) is 31.1 Å². The Morgan fingerprint density at radius 2 is 1.85 bits per heavy atom. The summed E-state index contributed by atoms with van der Waals surface area (Å²) in [5, 5.41) is 12.9. The van der Waals surface area contributed by atoms with Crippen molar-refractivity contribution in [2.75, 3.05) is 28.6 Å². The van der Waals surface area contributed by atoms with E-state index in [9.17, 15) is 14.4 Å². The Morgan fingerprint density at radius 1 is 1.10 bits per heavy atom. The van der Waals surface area contributed by atoms with Crippen molar-refractivity contribution in [3.8, 4) is 0 Å². The van der Waals surface area contributed by atoms with Crippen LogP contribution in [0.15, 0.2) is 36.5 Å². The van der Waals surface area contributed by atoms with Gasteiger partial charge in [0.05, 0.1) is 6.20 Å². The number of aromatic nitrogens is 3. The molecular weight excluding hydrogens is 545 g/mol. The third kappa shape index (κ3) is 8.46. The summed E-state index contributed by atoms with van der Waals surface area (Å²) in [4.78, 5) is 44.3. The highest BCUT2D eigenvalue weighted by Crippen LogP contribution is 2.29. The lowest BCUT2D eigenvalue weighted by molar-refractivity contribution is 0.0636. The van der Waals surface area contributed by atoms with Gasteiger partial charge in [0.25, 0.3) is 5.91 Å². The monoisotopic (exact) mass is 579 g/mol.